The van der Waals surface area contributed by atoms with E-state index in [0.717, 1.165) is 30.0 Å². The van der Waals surface area contributed by atoms with Crippen molar-refractivity contribution in [3.05, 3.63) is 59.7 Å². The Morgan fingerprint density at radius 1 is 1.17 bits per heavy atom. The molecule has 0 unspecified atom stereocenters. The third-order valence-electron chi connectivity index (χ3n) is 4.46. The van der Waals surface area contributed by atoms with E-state index in [1.54, 1.807) is 18.9 Å². The van der Waals surface area contributed by atoms with Crippen LogP contribution in [-0.4, -0.2) is 30.2 Å². The number of thioether (sulfide) groups is 1. The minimum absolute atomic E-state index is 0.196. The summed E-state index contributed by atoms with van der Waals surface area (Å²) >= 11 is 1.62. The van der Waals surface area contributed by atoms with E-state index in [0.29, 0.717) is 5.75 Å². The van der Waals surface area contributed by atoms with Crippen molar-refractivity contribution in [3.8, 4) is 5.75 Å². The molecule has 4 heteroatoms. The molecule has 0 aliphatic carbocycles. The minimum Gasteiger partial charge on any atom is -0.497 e. The summed E-state index contributed by atoms with van der Waals surface area (Å²) < 4.78 is 5.22. The first-order valence-electron chi connectivity index (χ1n) is 8.30. The number of carbonyl (C=O) groups is 1. The van der Waals surface area contributed by atoms with Crippen LogP contribution in [0.5, 0.6) is 5.75 Å². The topological polar surface area (TPSA) is 29.5 Å². The Bertz CT molecular complexity index is 682. The lowest BCUT2D eigenvalue weighted by Crippen LogP contribution is -2.31. The van der Waals surface area contributed by atoms with Gasteiger partial charge in [0.1, 0.15) is 5.75 Å². The minimum atomic E-state index is 0.196. The predicted octanol–water partition coefficient (Wildman–Crippen LogP) is 4.46. The number of hydrogen-bond acceptors (Lipinski definition) is 3. The van der Waals surface area contributed by atoms with Gasteiger partial charge in [-0.15, -0.1) is 11.8 Å². The molecule has 3 rings (SSSR count). The van der Waals surface area contributed by atoms with Crippen molar-refractivity contribution in [2.45, 2.75) is 30.7 Å². The number of methoxy groups -OCH3 is 1. The second-order valence-corrected chi connectivity index (χ2v) is 7.17. The van der Waals surface area contributed by atoms with Gasteiger partial charge in [-0.25, -0.2) is 0 Å². The quantitative estimate of drug-likeness (QED) is 0.752. The molecular formula is C20H23NO2S. The molecule has 1 aliphatic rings. The molecule has 0 N–H and O–H groups in total. The van der Waals surface area contributed by atoms with Crippen molar-refractivity contribution < 1.29 is 9.53 Å². The predicted molar refractivity (Wildman–Crippen MR) is 98.6 cm³/mol. The molecule has 2 aromatic rings. The Morgan fingerprint density at radius 3 is 2.54 bits per heavy atom. The van der Waals surface area contributed by atoms with Gasteiger partial charge in [-0.05, 0) is 49.6 Å². The van der Waals surface area contributed by atoms with Gasteiger partial charge in [0.15, 0.2) is 0 Å². The van der Waals surface area contributed by atoms with E-state index in [-0.39, 0.29) is 11.9 Å². The summed E-state index contributed by atoms with van der Waals surface area (Å²) in [6.07, 6.45) is 2.10. The highest BCUT2D eigenvalue weighted by Crippen LogP contribution is 2.33. The zero-order valence-corrected chi connectivity index (χ0v) is 15.0. The van der Waals surface area contributed by atoms with Crippen LogP contribution in [0.4, 0.5) is 0 Å². The summed E-state index contributed by atoms with van der Waals surface area (Å²) in [4.78, 5) is 15.9. The summed E-state index contributed by atoms with van der Waals surface area (Å²) in [5.41, 5.74) is 2.44. The summed E-state index contributed by atoms with van der Waals surface area (Å²) in [5.74, 6) is 1.57. The second-order valence-electron chi connectivity index (χ2n) is 6.12. The Kier molecular flexibility index (Phi) is 5.46. The van der Waals surface area contributed by atoms with Crippen molar-refractivity contribution in [2.24, 2.45) is 0 Å². The molecule has 1 heterocycles. The van der Waals surface area contributed by atoms with E-state index >= 15 is 0 Å². The Morgan fingerprint density at radius 2 is 1.88 bits per heavy atom. The lowest BCUT2D eigenvalue weighted by Gasteiger charge is -2.25. The molecule has 3 nitrogen and oxygen atoms in total. The first-order valence-corrected chi connectivity index (χ1v) is 9.29. The maximum absolute atomic E-state index is 12.7. The number of carbonyl (C=O) groups excluding carboxylic acids is 1. The number of ether oxygens (including phenoxy) is 1. The van der Waals surface area contributed by atoms with Gasteiger partial charge in [0, 0.05) is 11.4 Å². The van der Waals surface area contributed by atoms with E-state index in [4.69, 9.17) is 4.74 Å². The number of benzene rings is 2. The van der Waals surface area contributed by atoms with Crippen LogP contribution in [0.2, 0.25) is 0 Å². The van der Waals surface area contributed by atoms with Gasteiger partial charge in [-0.2, -0.15) is 0 Å². The molecule has 0 radical (unpaired) electrons. The summed E-state index contributed by atoms with van der Waals surface area (Å²) in [6, 6.07) is 16.6. The Labute approximate surface area is 148 Å². The number of aryl methyl sites for hydroxylation is 1. The average molecular weight is 341 g/mol. The van der Waals surface area contributed by atoms with Gasteiger partial charge in [0.05, 0.1) is 18.9 Å². The van der Waals surface area contributed by atoms with E-state index in [2.05, 4.69) is 43.3 Å². The summed E-state index contributed by atoms with van der Waals surface area (Å²) in [6.45, 7) is 2.92. The number of nitrogens with zero attached hydrogens (tertiary/aromatic N) is 1. The van der Waals surface area contributed by atoms with Crippen LogP contribution < -0.4 is 4.74 Å². The molecule has 0 bridgehead atoms. The summed E-state index contributed by atoms with van der Waals surface area (Å²) in [5, 5.41) is 0. The van der Waals surface area contributed by atoms with Gasteiger partial charge in [0.25, 0.3) is 0 Å². The molecule has 1 saturated heterocycles. The average Bonchev–Trinajstić information content (AvgIpc) is 3.11. The number of amides is 1. The van der Waals surface area contributed by atoms with E-state index in [9.17, 15) is 4.79 Å². The van der Waals surface area contributed by atoms with Crippen LogP contribution >= 0.6 is 11.8 Å². The highest BCUT2D eigenvalue weighted by molar-refractivity contribution is 8.00. The van der Waals surface area contributed by atoms with Gasteiger partial charge >= 0.3 is 0 Å². The molecule has 1 fully saturated rings. The van der Waals surface area contributed by atoms with Crippen molar-refractivity contribution in [1.29, 1.82) is 0 Å². The number of likely N-dealkylation sites (tertiary alicyclic amines) is 1. The van der Waals surface area contributed by atoms with Crippen molar-refractivity contribution >= 4 is 17.7 Å². The van der Waals surface area contributed by atoms with E-state index in [1.165, 1.54) is 11.1 Å². The van der Waals surface area contributed by atoms with Gasteiger partial charge in [-0.1, -0.05) is 29.8 Å². The molecule has 0 aromatic heterocycles. The Hall–Kier alpha value is -1.94. The van der Waals surface area contributed by atoms with Crippen LogP contribution in [0.1, 0.15) is 30.0 Å². The molecule has 1 amide bonds. The highest BCUT2D eigenvalue weighted by Gasteiger charge is 2.29. The monoisotopic (exact) mass is 341 g/mol. The van der Waals surface area contributed by atoms with Crippen molar-refractivity contribution in [1.82, 2.24) is 4.90 Å². The summed E-state index contributed by atoms with van der Waals surface area (Å²) in [7, 11) is 1.67. The first kappa shape index (κ1) is 16.9. The molecule has 1 atom stereocenters. The van der Waals surface area contributed by atoms with Crippen molar-refractivity contribution in [2.75, 3.05) is 19.4 Å². The maximum atomic E-state index is 12.7. The van der Waals surface area contributed by atoms with E-state index in [1.807, 2.05) is 17.0 Å². The second kappa shape index (κ2) is 7.75. The standard InChI is InChI=1S/C20H23NO2S/c1-15-5-11-18(12-6-15)24-14-20(22)21-13-3-4-19(21)16-7-9-17(23-2)10-8-16/h5-12,19H,3-4,13-14H2,1-2H3/t19-/m1/s1. The SMILES string of the molecule is COc1ccc([C@H]2CCCN2C(=O)CSc2ccc(C)cc2)cc1. The fraction of sp³-hybridized carbons (Fsp3) is 0.350. The lowest BCUT2D eigenvalue weighted by molar-refractivity contribution is -0.129. The number of rotatable bonds is 5. The smallest absolute Gasteiger partial charge is 0.233 e. The molecule has 0 saturated carbocycles. The van der Waals surface area contributed by atoms with Crippen LogP contribution in [0.3, 0.4) is 0 Å². The molecule has 1 aliphatic heterocycles. The van der Waals surface area contributed by atoms with Crippen LogP contribution in [0.15, 0.2) is 53.4 Å². The molecular weight excluding hydrogens is 318 g/mol. The third-order valence-corrected chi connectivity index (χ3v) is 5.45. The number of hydrogen-bond donors (Lipinski definition) is 0. The largest absolute Gasteiger partial charge is 0.497 e. The van der Waals surface area contributed by atoms with E-state index < -0.39 is 0 Å². The normalized spacial score (nSPS) is 17.1. The lowest BCUT2D eigenvalue weighted by atomic mass is 10.0. The van der Waals surface area contributed by atoms with Crippen molar-refractivity contribution in [3.63, 3.8) is 0 Å². The fourth-order valence-corrected chi connectivity index (χ4v) is 3.88. The zero-order valence-electron chi connectivity index (χ0n) is 14.2. The molecule has 0 spiro atoms. The van der Waals surface area contributed by atoms with Gasteiger partial charge < -0.3 is 9.64 Å². The fourth-order valence-electron chi connectivity index (χ4n) is 3.10. The molecule has 2 aromatic carbocycles. The van der Waals surface area contributed by atoms with Gasteiger partial charge in [0.2, 0.25) is 5.91 Å². The van der Waals surface area contributed by atoms with Crippen LogP contribution in [0.25, 0.3) is 0 Å². The van der Waals surface area contributed by atoms with Crippen LogP contribution in [0, 0.1) is 6.92 Å². The zero-order chi connectivity index (χ0) is 16.9. The third kappa shape index (κ3) is 3.93. The Balaban J connectivity index is 1.63. The van der Waals surface area contributed by atoms with Crippen LogP contribution in [-0.2, 0) is 4.79 Å². The maximum Gasteiger partial charge on any atom is 0.233 e. The first-order chi connectivity index (χ1) is 11.7. The molecule has 126 valence electrons. The molecule has 24 heavy (non-hydrogen) atoms. The van der Waals surface area contributed by atoms with Gasteiger partial charge in [-0.3, -0.25) is 4.79 Å². The highest BCUT2D eigenvalue weighted by atomic mass is 32.2.